The first-order chi connectivity index (χ1) is 9.86. The number of nitrogens with zero attached hydrogens (tertiary/aromatic N) is 3. The van der Waals surface area contributed by atoms with Gasteiger partial charge < -0.3 is 10.2 Å². The molecule has 0 aliphatic heterocycles. The van der Waals surface area contributed by atoms with Crippen molar-refractivity contribution in [2.24, 2.45) is 0 Å². The van der Waals surface area contributed by atoms with Crippen LogP contribution in [0.3, 0.4) is 0 Å². The standard InChI is InChI=1S/C13H15F3N4S/c1-20(2)6-5-17-12-18-9(10-4-3-7-21-10)8-11(19-12)13(14,15)16/h3-4,7-8H,5-6H2,1-2H3,(H,17,18,19). The van der Waals surface area contributed by atoms with E-state index in [1.165, 1.54) is 11.3 Å². The van der Waals surface area contributed by atoms with Crippen molar-refractivity contribution < 1.29 is 13.2 Å². The van der Waals surface area contributed by atoms with E-state index >= 15 is 0 Å². The highest BCUT2D eigenvalue weighted by Crippen LogP contribution is 2.32. The van der Waals surface area contributed by atoms with Crippen molar-refractivity contribution in [1.82, 2.24) is 14.9 Å². The fourth-order valence-corrected chi connectivity index (χ4v) is 2.30. The van der Waals surface area contributed by atoms with Crippen molar-refractivity contribution in [2.75, 3.05) is 32.5 Å². The minimum Gasteiger partial charge on any atom is -0.353 e. The van der Waals surface area contributed by atoms with Crippen LogP contribution < -0.4 is 5.32 Å². The third-order valence-corrected chi connectivity index (χ3v) is 3.52. The number of anilines is 1. The summed E-state index contributed by atoms with van der Waals surface area (Å²) in [6.45, 7) is 1.14. The van der Waals surface area contributed by atoms with Gasteiger partial charge >= 0.3 is 6.18 Å². The first-order valence-corrected chi connectivity index (χ1v) is 7.13. The minimum atomic E-state index is -4.49. The average Bonchev–Trinajstić information content (AvgIpc) is 2.90. The van der Waals surface area contributed by atoms with Gasteiger partial charge in [-0.15, -0.1) is 11.3 Å². The lowest BCUT2D eigenvalue weighted by Gasteiger charge is -2.13. The zero-order valence-electron chi connectivity index (χ0n) is 11.6. The van der Waals surface area contributed by atoms with Crippen molar-refractivity contribution in [3.05, 3.63) is 29.3 Å². The van der Waals surface area contributed by atoms with Crippen LogP contribution in [-0.4, -0.2) is 42.1 Å². The molecule has 0 saturated carbocycles. The van der Waals surface area contributed by atoms with Crippen LogP contribution in [0.5, 0.6) is 0 Å². The van der Waals surface area contributed by atoms with Gasteiger partial charge in [-0.1, -0.05) is 6.07 Å². The molecule has 0 radical (unpaired) electrons. The Morgan fingerprint density at radius 3 is 2.62 bits per heavy atom. The lowest BCUT2D eigenvalue weighted by molar-refractivity contribution is -0.141. The predicted molar refractivity (Wildman–Crippen MR) is 77.4 cm³/mol. The zero-order valence-corrected chi connectivity index (χ0v) is 12.4. The molecule has 0 aliphatic rings. The molecule has 21 heavy (non-hydrogen) atoms. The molecule has 4 nitrogen and oxygen atoms in total. The van der Waals surface area contributed by atoms with Crippen molar-refractivity contribution in [2.45, 2.75) is 6.18 Å². The van der Waals surface area contributed by atoms with E-state index in [1.807, 2.05) is 19.0 Å². The van der Waals surface area contributed by atoms with Crippen LogP contribution in [-0.2, 0) is 6.18 Å². The summed E-state index contributed by atoms with van der Waals surface area (Å²) in [5.74, 6) is -0.00456. The summed E-state index contributed by atoms with van der Waals surface area (Å²) in [6, 6.07) is 4.48. The number of hydrogen-bond donors (Lipinski definition) is 1. The molecule has 0 spiro atoms. The topological polar surface area (TPSA) is 41.0 Å². The molecule has 2 aromatic rings. The monoisotopic (exact) mass is 316 g/mol. The summed E-state index contributed by atoms with van der Waals surface area (Å²) in [4.78, 5) is 10.3. The molecule has 0 fully saturated rings. The van der Waals surface area contributed by atoms with E-state index in [4.69, 9.17) is 0 Å². The van der Waals surface area contributed by atoms with Crippen LogP contribution in [0.2, 0.25) is 0 Å². The summed E-state index contributed by atoms with van der Waals surface area (Å²) >= 11 is 1.34. The van der Waals surface area contributed by atoms with Crippen molar-refractivity contribution >= 4 is 17.3 Å². The van der Waals surface area contributed by atoms with Gasteiger partial charge in [-0.05, 0) is 31.6 Å². The fourth-order valence-electron chi connectivity index (χ4n) is 1.61. The maximum atomic E-state index is 12.9. The highest BCUT2D eigenvalue weighted by atomic mass is 32.1. The van der Waals surface area contributed by atoms with Crippen LogP contribution in [0, 0.1) is 0 Å². The van der Waals surface area contributed by atoms with Gasteiger partial charge in [0.25, 0.3) is 0 Å². The SMILES string of the molecule is CN(C)CCNc1nc(-c2cccs2)cc(C(F)(F)F)n1. The molecule has 0 aromatic carbocycles. The molecular weight excluding hydrogens is 301 g/mol. The van der Waals surface area contributed by atoms with E-state index in [9.17, 15) is 13.2 Å². The summed E-state index contributed by atoms with van der Waals surface area (Å²) in [7, 11) is 3.76. The number of aromatic nitrogens is 2. The van der Waals surface area contributed by atoms with Crippen LogP contribution in [0.1, 0.15) is 5.69 Å². The molecule has 2 rings (SSSR count). The Bertz CT molecular complexity index is 582. The van der Waals surface area contributed by atoms with Gasteiger partial charge in [0.05, 0.1) is 10.6 Å². The fraction of sp³-hybridized carbons (Fsp3) is 0.385. The van der Waals surface area contributed by atoms with Crippen molar-refractivity contribution in [1.29, 1.82) is 0 Å². The van der Waals surface area contributed by atoms with Gasteiger partial charge in [-0.25, -0.2) is 9.97 Å². The van der Waals surface area contributed by atoms with Crippen LogP contribution in [0.25, 0.3) is 10.6 Å². The molecule has 2 heterocycles. The third kappa shape index (κ3) is 4.40. The van der Waals surface area contributed by atoms with Crippen LogP contribution in [0.15, 0.2) is 23.6 Å². The van der Waals surface area contributed by atoms with E-state index in [-0.39, 0.29) is 11.6 Å². The first-order valence-electron chi connectivity index (χ1n) is 6.25. The normalized spacial score (nSPS) is 11.9. The summed E-state index contributed by atoms with van der Waals surface area (Å²) in [5, 5.41) is 4.63. The average molecular weight is 316 g/mol. The second-order valence-electron chi connectivity index (χ2n) is 4.67. The van der Waals surface area contributed by atoms with Crippen molar-refractivity contribution in [3.63, 3.8) is 0 Å². The Balaban J connectivity index is 2.29. The quantitative estimate of drug-likeness (QED) is 0.920. The van der Waals surface area contributed by atoms with E-state index in [0.717, 1.165) is 6.07 Å². The van der Waals surface area contributed by atoms with Gasteiger partial charge in [0, 0.05) is 13.1 Å². The molecule has 0 atom stereocenters. The number of hydrogen-bond acceptors (Lipinski definition) is 5. The Hall–Kier alpha value is -1.67. The summed E-state index contributed by atoms with van der Waals surface area (Å²) in [5.41, 5.74) is -0.659. The van der Waals surface area contributed by atoms with Gasteiger partial charge in [-0.3, -0.25) is 0 Å². The van der Waals surface area contributed by atoms with E-state index in [0.29, 0.717) is 18.0 Å². The Morgan fingerprint density at radius 1 is 1.29 bits per heavy atom. The Labute approximate surface area is 124 Å². The van der Waals surface area contributed by atoms with Crippen molar-refractivity contribution in [3.8, 4) is 10.6 Å². The highest BCUT2D eigenvalue weighted by molar-refractivity contribution is 7.13. The lowest BCUT2D eigenvalue weighted by atomic mass is 10.3. The van der Waals surface area contributed by atoms with Gasteiger partial charge in [-0.2, -0.15) is 13.2 Å². The number of thiophene rings is 1. The molecule has 1 N–H and O–H groups in total. The lowest BCUT2D eigenvalue weighted by Crippen LogP contribution is -2.22. The molecule has 0 amide bonds. The summed E-state index contributed by atoms with van der Waals surface area (Å²) in [6.07, 6.45) is -4.49. The molecule has 0 bridgehead atoms. The molecule has 0 aliphatic carbocycles. The highest BCUT2D eigenvalue weighted by Gasteiger charge is 2.33. The number of rotatable bonds is 5. The molecule has 0 unspecified atom stereocenters. The van der Waals surface area contributed by atoms with E-state index < -0.39 is 11.9 Å². The maximum absolute atomic E-state index is 12.9. The molecule has 2 aromatic heterocycles. The van der Waals surface area contributed by atoms with Gasteiger partial charge in [0.15, 0.2) is 5.69 Å². The zero-order chi connectivity index (χ0) is 15.5. The largest absolute Gasteiger partial charge is 0.433 e. The third-order valence-electron chi connectivity index (χ3n) is 2.63. The number of likely N-dealkylation sites (N-methyl/N-ethyl adjacent to an activating group) is 1. The minimum absolute atomic E-state index is 0.00456. The first kappa shape index (κ1) is 15.7. The molecule has 114 valence electrons. The van der Waals surface area contributed by atoms with E-state index in [1.54, 1.807) is 17.5 Å². The summed E-state index contributed by atoms with van der Waals surface area (Å²) < 4.78 is 38.8. The number of nitrogens with one attached hydrogen (secondary N) is 1. The Morgan fingerprint density at radius 2 is 2.05 bits per heavy atom. The second-order valence-corrected chi connectivity index (χ2v) is 5.61. The molecular formula is C13H15F3N4S. The Kier molecular flexibility index (Phi) is 4.79. The smallest absolute Gasteiger partial charge is 0.353 e. The number of alkyl halides is 3. The van der Waals surface area contributed by atoms with Gasteiger partial charge in [0.2, 0.25) is 5.95 Å². The number of halogens is 3. The maximum Gasteiger partial charge on any atom is 0.433 e. The van der Waals surface area contributed by atoms with Crippen LogP contribution >= 0.6 is 11.3 Å². The van der Waals surface area contributed by atoms with E-state index in [2.05, 4.69) is 15.3 Å². The molecule has 8 heteroatoms. The second kappa shape index (κ2) is 6.40. The predicted octanol–water partition coefficient (Wildman–Crippen LogP) is 3.20. The van der Waals surface area contributed by atoms with Gasteiger partial charge in [0.1, 0.15) is 0 Å². The molecule has 0 saturated heterocycles. The van der Waals surface area contributed by atoms with Crippen LogP contribution in [0.4, 0.5) is 19.1 Å².